The lowest BCUT2D eigenvalue weighted by Gasteiger charge is -2.36. The molecule has 0 saturated carbocycles. The van der Waals surface area contributed by atoms with Crippen molar-refractivity contribution >= 4 is 21.5 Å². The normalized spacial score (nSPS) is 24.9. The zero-order chi connectivity index (χ0) is 12.4. The Morgan fingerprint density at radius 2 is 2.53 bits per heavy atom. The highest BCUT2D eigenvalue weighted by Crippen LogP contribution is 2.31. The highest BCUT2D eigenvalue weighted by molar-refractivity contribution is 7.18. The second-order valence-corrected chi connectivity index (χ2v) is 5.29. The number of rotatable bonds is 3. The van der Waals surface area contributed by atoms with Crippen molar-refractivity contribution in [3.63, 3.8) is 0 Å². The van der Waals surface area contributed by atoms with Crippen LogP contribution in [0.15, 0.2) is 6.20 Å². The SMILES string of the molecule is CCC1CN(c2ncc([N+](=O)[O-])s2)CCC1N. The summed E-state index contributed by atoms with van der Waals surface area (Å²) in [5.74, 6) is 0.451. The average molecular weight is 256 g/mol. The Morgan fingerprint density at radius 1 is 1.76 bits per heavy atom. The quantitative estimate of drug-likeness (QED) is 0.656. The lowest BCUT2D eigenvalue weighted by molar-refractivity contribution is -0.380. The molecule has 0 aliphatic carbocycles. The minimum absolute atomic E-state index is 0.0999. The highest BCUT2D eigenvalue weighted by Gasteiger charge is 2.27. The number of nitro groups is 1. The van der Waals surface area contributed by atoms with E-state index in [2.05, 4.69) is 16.8 Å². The molecule has 2 N–H and O–H groups in total. The number of aromatic nitrogens is 1. The number of nitrogens with zero attached hydrogens (tertiary/aromatic N) is 3. The third-order valence-corrected chi connectivity index (χ3v) is 4.26. The van der Waals surface area contributed by atoms with E-state index in [1.807, 2.05) is 0 Å². The van der Waals surface area contributed by atoms with Crippen LogP contribution in [0.25, 0.3) is 0 Å². The first-order chi connectivity index (χ1) is 8.11. The van der Waals surface area contributed by atoms with Crippen molar-refractivity contribution in [1.82, 2.24) is 4.98 Å². The van der Waals surface area contributed by atoms with Gasteiger partial charge in [0.05, 0.1) is 4.92 Å². The van der Waals surface area contributed by atoms with Crippen LogP contribution in [0.1, 0.15) is 19.8 Å². The second-order valence-electron chi connectivity index (χ2n) is 4.31. The van der Waals surface area contributed by atoms with Crippen LogP contribution in [-0.2, 0) is 0 Å². The molecule has 1 saturated heterocycles. The van der Waals surface area contributed by atoms with E-state index in [1.165, 1.54) is 6.20 Å². The van der Waals surface area contributed by atoms with Gasteiger partial charge in [-0.25, -0.2) is 4.98 Å². The fourth-order valence-corrected chi connectivity index (χ4v) is 2.91. The summed E-state index contributed by atoms with van der Waals surface area (Å²) in [6, 6.07) is 0.242. The van der Waals surface area contributed by atoms with Gasteiger partial charge in [-0.1, -0.05) is 13.3 Å². The molecule has 0 spiro atoms. The summed E-state index contributed by atoms with van der Waals surface area (Å²) in [7, 11) is 0. The average Bonchev–Trinajstić information content (AvgIpc) is 2.79. The van der Waals surface area contributed by atoms with Gasteiger partial charge in [-0.3, -0.25) is 10.1 Å². The van der Waals surface area contributed by atoms with Crippen molar-refractivity contribution in [1.29, 1.82) is 0 Å². The van der Waals surface area contributed by atoms with Crippen molar-refractivity contribution < 1.29 is 4.92 Å². The molecule has 17 heavy (non-hydrogen) atoms. The number of nitrogens with two attached hydrogens (primary N) is 1. The molecule has 0 radical (unpaired) electrons. The molecular weight excluding hydrogens is 240 g/mol. The van der Waals surface area contributed by atoms with Crippen molar-refractivity contribution in [3.8, 4) is 0 Å². The van der Waals surface area contributed by atoms with Crippen LogP contribution in [0.5, 0.6) is 0 Å². The van der Waals surface area contributed by atoms with Gasteiger partial charge in [0.15, 0.2) is 5.13 Å². The van der Waals surface area contributed by atoms with Crippen LogP contribution < -0.4 is 10.6 Å². The van der Waals surface area contributed by atoms with Crippen LogP contribution >= 0.6 is 11.3 Å². The van der Waals surface area contributed by atoms with Gasteiger partial charge in [-0.15, -0.1) is 0 Å². The first-order valence-electron chi connectivity index (χ1n) is 5.72. The van der Waals surface area contributed by atoms with Gasteiger partial charge in [0.1, 0.15) is 6.20 Å². The molecule has 2 heterocycles. The molecule has 7 heteroatoms. The standard InChI is InChI=1S/C10H16N4O2S/c1-2-7-6-13(4-3-8(7)11)10-12-5-9(17-10)14(15)16/h5,7-8H,2-4,6,11H2,1H3. The van der Waals surface area contributed by atoms with E-state index in [4.69, 9.17) is 5.73 Å². The maximum absolute atomic E-state index is 10.6. The first kappa shape index (κ1) is 12.3. The predicted octanol–water partition coefficient (Wildman–Crippen LogP) is 1.61. The third-order valence-electron chi connectivity index (χ3n) is 3.25. The molecule has 94 valence electrons. The number of piperidine rings is 1. The minimum Gasteiger partial charge on any atom is -0.348 e. The Bertz CT molecular complexity index is 409. The van der Waals surface area contributed by atoms with Crippen molar-refractivity contribution in [2.24, 2.45) is 11.7 Å². The Morgan fingerprint density at radius 3 is 3.12 bits per heavy atom. The van der Waals surface area contributed by atoms with E-state index in [-0.39, 0.29) is 11.0 Å². The van der Waals surface area contributed by atoms with Crippen LogP contribution in [0, 0.1) is 16.0 Å². The van der Waals surface area contributed by atoms with Crippen LogP contribution in [0.2, 0.25) is 0 Å². The van der Waals surface area contributed by atoms with Gasteiger partial charge in [0, 0.05) is 19.1 Å². The molecule has 6 nitrogen and oxygen atoms in total. The maximum Gasteiger partial charge on any atom is 0.345 e. The van der Waals surface area contributed by atoms with Crippen molar-refractivity contribution in [2.45, 2.75) is 25.8 Å². The highest BCUT2D eigenvalue weighted by atomic mass is 32.1. The van der Waals surface area contributed by atoms with E-state index in [0.717, 1.165) is 42.4 Å². The molecule has 1 aliphatic heterocycles. The molecule has 2 unspecified atom stereocenters. The Balaban J connectivity index is 2.09. The van der Waals surface area contributed by atoms with Crippen molar-refractivity contribution in [3.05, 3.63) is 16.3 Å². The molecule has 0 bridgehead atoms. The summed E-state index contributed by atoms with van der Waals surface area (Å²) >= 11 is 1.14. The van der Waals surface area contributed by atoms with E-state index in [0.29, 0.717) is 5.92 Å². The van der Waals surface area contributed by atoms with E-state index >= 15 is 0 Å². The van der Waals surface area contributed by atoms with Crippen LogP contribution in [0.3, 0.4) is 0 Å². The Labute approximate surface area is 104 Å². The first-order valence-corrected chi connectivity index (χ1v) is 6.54. The molecule has 1 aromatic rings. The molecular formula is C10H16N4O2S. The van der Waals surface area contributed by atoms with Gasteiger partial charge < -0.3 is 10.6 Å². The number of anilines is 1. The van der Waals surface area contributed by atoms with Crippen LogP contribution in [-0.4, -0.2) is 29.0 Å². The van der Waals surface area contributed by atoms with Crippen molar-refractivity contribution in [2.75, 3.05) is 18.0 Å². The molecule has 2 rings (SSSR count). The molecule has 1 fully saturated rings. The Hall–Kier alpha value is -1.21. The second kappa shape index (κ2) is 4.97. The molecule has 2 atom stereocenters. The maximum atomic E-state index is 10.6. The summed E-state index contributed by atoms with van der Waals surface area (Å²) in [6.07, 6.45) is 3.28. The van der Waals surface area contributed by atoms with E-state index in [9.17, 15) is 10.1 Å². The van der Waals surface area contributed by atoms with E-state index < -0.39 is 4.92 Å². The summed E-state index contributed by atoms with van der Waals surface area (Å²) in [5.41, 5.74) is 6.03. The van der Waals surface area contributed by atoms with Gasteiger partial charge in [-0.05, 0) is 23.7 Å². The van der Waals surface area contributed by atoms with Gasteiger partial charge in [0.25, 0.3) is 0 Å². The monoisotopic (exact) mass is 256 g/mol. The predicted molar refractivity (Wildman–Crippen MR) is 67.4 cm³/mol. The zero-order valence-electron chi connectivity index (χ0n) is 9.70. The Kier molecular flexibility index (Phi) is 3.58. The fourth-order valence-electron chi connectivity index (χ4n) is 2.14. The molecule has 0 aromatic carbocycles. The van der Waals surface area contributed by atoms with Gasteiger partial charge >= 0.3 is 5.00 Å². The topological polar surface area (TPSA) is 85.3 Å². The van der Waals surface area contributed by atoms with Gasteiger partial charge in [-0.2, -0.15) is 0 Å². The summed E-state index contributed by atoms with van der Waals surface area (Å²) in [4.78, 5) is 16.4. The molecule has 1 aromatic heterocycles. The number of hydrogen-bond acceptors (Lipinski definition) is 6. The number of hydrogen-bond donors (Lipinski definition) is 1. The molecule has 1 aliphatic rings. The smallest absolute Gasteiger partial charge is 0.345 e. The minimum atomic E-state index is -0.395. The third kappa shape index (κ3) is 2.55. The van der Waals surface area contributed by atoms with Gasteiger partial charge in [0.2, 0.25) is 0 Å². The zero-order valence-corrected chi connectivity index (χ0v) is 10.5. The lowest BCUT2D eigenvalue weighted by atomic mass is 9.91. The lowest BCUT2D eigenvalue weighted by Crippen LogP contribution is -2.46. The fraction of sp³-hybridized carbons (Fsp3) is 0.700. The summed E-state index contributed by atoms with van der Waals surface area (Å²) in [6.45, 7) is 3.81. The van der Waals surface area contributed by atoms with E-state index in [1.54, 1.807) is 0 Å². The summed E-state index contributed by atoms with van der Waals surface area (Å²) in [5, 5.41) is 11.4. The largest absolute Gasteiger partial charge is 0.348 e. The van der Waals surface area contributed by atoms with Crippen LogP contribution in [0.4, 0.5) is 10.1 Å². The number of thiazole rings is 1. The summed E-state index contributed by atoms with van der Waals surface area (Å²) < 4.78 is 0. The molecule has 0 amide bonds.